The normalized spacial score (nSPS) is 18.5. The van der Waals surface area contributed by atoms with Gasteiger partial charge in [0.15, 0.2) is 0 Å². The molecule has 0 aromatic heterocycles. The van der Waals surface area contributed by atoms with Crippen LogP contribution in [0.25, 0.3) is 0 Å². The van der Waals surface area contributed by atoms with Crippen molar-refractivity contribution >= 4 is 29.4 Å². The lowest BCUT2D eigenvalue weighted by Gasteiger charge is -2.38. The summed E-state index contributed by atoms with van der Waals surface area (Å²) in [6.07, 6.45) is 7.96. The van der Waals surface area contributed by atoms with E-state index in [1.165, 1.54) is 43.1 Å². The molecular formula is C16H23Cl2N2O+. The molecule has 1 aromatic rings. The van der Waals surface area contributed by atoms with E-state index in [0.717, 1.165) is 6.54 Å². The first-order valence-corrected chi connectivity index (χ1v) is 8.19. The molecule has 116 valence electrons. The summed E-state index contributed by atoms with van der Waals surface area (Å²) in [6, 6.07) is 3.21. The lowest BCUT2D eigenvalue weighted by molar-refractivity contribution is -0.915. The van der Waals surface area contributed by atoms with Gasteiger partial charge in [0.2, 0.25) is 0 Å². The van der Waals surface area contributed by atoms with Crippen LogP contribution in [0.2, 0.25) is 10.0 Å². The highest BCUT2D eigenvalue weighted by molar-refractivity contribution is 6.36. The Labute approximate surface area is 136 Å². The molecule has 0 unspecified atom stereocenters. The Morgan fingerprint density at radius 2 is 1.90 bits per heavy atom. The summed E-state index contributed by atoms with van der Waals surface area (Å²) in [6.45, 7) is 0.763. The maximum atomic E-state index is 9.95. The van der Waals surface area contributed by atoms with E-state index >= 15 is 0 Å². The summed E-state index contributed by atoms with van der Waals surface area (Å²) < 4.78 is 0. The van der Waals surface area contributed by atoms with Gasteiger partial charge in [0, 0.05) is 29.6 Å². The van der Waals surface area contributed by atoms with Crippen LogP contribution in [0.15, 0.2) is 17.1 Å². The molecule has 0 bridgehead atoms. The van der Waals surface area contributed by atoms with Crippen LogP contribution in [0.5, 0.6) is 5.75 Å². The topological polar surface area (TPSA) is 37.0 Å². The van der Waals surface area contributed by atoms with E-state index in [4.69, 9.17) is 23.2 Å². The van der Waals surface area contributed by atoms with E-state index in [0.29, 0.717) is 10.6 Å². The summed E-state index contributed by atoms with van der Waals surface area (Å²) >= 11 is 11.9. The van der Waals surface area contributed by atoms with Crippen molar-refractivity contribution < 1.29 is 10.0 Å². The molecule has 0 atom stereocenters. The molecule has 1 aliphatic carbocycles. The summed E-state index contributed by atoms with van der Waals surface area (Å²) in [5.74, 6) is 0.0414. The highest BCUT2D eigenvalue weighted by Gasteiger charge is 2.37. The van der Waals surface area contributed by atoms with Crippen LogP contribution < -0.4 is 4.90 Å². The number of phenolic OH excluding ortho intramolecular Hbond substituents is 1. The van der Waals surface area contributed by atoms with Gasteiger partial charge in [-0.15, -0.1) is 0 Å². The molecule has 0 amide bonds. The predicted octanol–water partition coefficient (Wildman–Crippen LogP) is 2.97. The average Bonchev–Trinajstić information content (AvgIpc) is 2.45. The van der Waals surface area contributed by atoms with Crippen molar-refractivity contribution in [2.24, 2.45) is 4.99 Å². The first-order valence-electron chi connectivity index (χ1n) is 7.43. The number of phenols is 1. The minimum Gasteiger partial charge on any atom is -0.506 e. The Kier molecular flexibility index (Phi) is 5.53. The third-order valence-electron chi connectivity index (χ3n) is 4.55. The second kappa shape index (κ2) is 6.99. The van der Waals surface area contributed by atoms with E-state index in [-0.39, 0.29) is 16.3 Å². The number of aromatic hydroxyl groups is 1. The first-order chi connectivity index (χ1) is 9.94. The third kappa shape index (κ3) is 3.91. The van der Waals surface area contributed by atoms with E-state index in [2.05, 4.69) is 19.1 Å². The van der Waals surface area contributed by atoms with Crippen molar-refractivity contribution in [2.75, 3.05) is 20.6 Å². The first kappa shape index (κ1) is 16.6. The molecule has 1 fully saturated rings. The fourth-order valence-corrected chi connectivity index (χ4v) is 3.56. The van der Waals surface area contributed by atoms with Crippen LogP contribution in [-0.4, -0.2) is 37.5 Å². The molecule has 3 nitrogen and oxygen atoms in total. The number of rotatable bonds is 4. The van der Waals surface area contributed by atoms with Gasteiger partial charge in [0.05, 0.1) is 25.7 Å². The number of halogens is 2. The highest BCUT2D eigenvalue weighted by atomic mass is 35.5. The van der Waals surface area contributed by atoms with Gasteiger partial charge in [-0.1, -0.05) is 29.6 Å². The number of nitrogens with zero attached hydrogens (tertiary/aromatic N) is 1. The van der Waals surface area contributed by atoms with Crippen LogP contribution in [0.3, 0.4) is 0 Å². The number of aliphatic imine (C=N–C) groups is 1. The molecule has 0 radical (unpaired) electrons. The molecular weight excluding hydrogens is 307 g/mol. The molecule has 0 spiro atoms. The van der Waals surface area contributed by atoms with Gasteiger partial charge in [-0.05, 0) is 25.0 Å². The average molecular weight is 330 g/mol. The minimum atomic E-state index is 0.0414. The molecule has 0 aliphatic heterocycles. The molecule has 21 heavy (non-hydrogen) atoms. The third-order valence-corrected chi connectivity index (χ3v) is 5.06. The summed E-state index contributed by atoms with van der Waals surface area (Å²) in [5, 5.41) is 10.7. The molecule has 2 rings (SSSR count). The van der Waals surface area contributed by atoms with E-state index in [9.17, 15) is 5.11 Å². The van der Waals surface area contributed by atoms with Gasteiger partial charge < -0.3 is 10.0 Å². The zero-order chi connectivity index (χ0) is 15.5. The van der Waals surface area contributed by atoms with Crippen LogP contribution in [0.4, 0.5) is 0 Å². The van der Waals surface area contributed by atoms with Crippen molar-refractivity contribution in [2.45, 2.75) is 37.6 Å². The van der Waals surface area contributed by atoms with E-state index < -0.39 is 0 Å². The smallest absolute Gasteiger partial charge is 0.143 e. The molecule has 1 aromatic carbocycles. The predicted molar refractivity (Wildman–Crippen MR) is 89.2 cm³/mol. The van der Waals surface area contributed by atoms with Gasteiger partial charge in [-0.2, -0.15) is 0 Å². The molecule has 5 heteroatoms. The highest BCUT2D eigenvalue weighted by Crippen LogP contribution is 2.30. The Hall–Kier alpha value is -0.770. The molecule has 0 heterocycles. The van der Waals surface area contributed by atoms with Gasteiger partial charge in [-0.25, -0.2) is 0 Å². The lowest BCUT2D eigenvalue weighted by atomic mass is 9.81. The van der Waals surface area contributed by atoms with Crippen molar-refractivity contribution in [1.82, 2.24) is 0 Å². The number of hydrogen-bond donors (Lipinski definition) is 2. The SMILES string of the molecule is C[NH+](C)C1(CN=Cc2cc(Cl)cc(Cl)c2O)CCCCC1. The standard InChI is InChI=1S/C16H22Cl2N2O/c1-20(2)16(6-4-3-5-7-16)11-19-10-12-8-13(17)9-14(18)15(12)21/h8-10,21H,3-7,11H2,1-2H3/p+1. The van der Waals surface area contributed by atoms with Crippen LogP contribution in [0.1, 0.15) is 37.7 Å². The Bertz CT molecular complexity index is 523. The number of hydrogen-bond acceptors (Lipinski definition) is 2. The zero-order valence-corrected chi connectivity index (χ0v) is 14.1. The Morgan fingerprint density at radius 3 is 2.52 bits per heavy atom. The second-order valence-corrected chi connectivity index (χ2v) is 6.98. The Balaban J connectivity index is 2.14. The van der Waals surface area contributed by atoms with Crippen LogP contribution >= 0.6 is 23.2 Å². The van der Waals surface area contributed by atoms with E-state index in [1.807, 2.05) is 0 Å². The van der Waals surface area contributed by atoms with Gasteiger partial charge in [0.25, 0.3) is 0 Å². The van der Waals surface area contributed by atoms with Crippen molar-refractivity contribution in [3.8, 4) is 5.75 Å². The number of benzene rings is 1. The molecule has 2 N–H and O–H groups in total. The second-order valence-electron chi connectivity index (χ2n) is 6.14. The fraction of sp³-hybridized carbons (Fsp3) is 0.562. The maximum Gasteiger partial charge on any atom is 0.143 e. The van der Waals surface area contributed by atoms with Gasteiger partial charge in [-0.3, -0.25) is 4.99 Å². The summed E-state index contributed by atoms with van der Waals surface area (Å²) in [4.78, 5) is 6.03. The largest absolute Gasteiger partial charge is 0.506 e. The zero-order valence-electron chi connectivity index (χ0n) is 12.6. The van der Waals surface area contributed by atoms with Crippen molar-refractivity contribution in [3.05, 3.63) is 27.7 Å². The van der Waals surface area contributed by atoms with Gasteiger partial charge in [0.1, 0.15) is 11.3 Å². The van der Waals surface area contributed by atoms with E-state index in [1.54, 1.807) is 12.3 Å². The Morgan fingerprint density at radius 1 is 1.24 bits per heavy atom. The number of nitrogens with one attached hydrogen (secondary N) is 1. The van der Waals surface area contributed by atoms with Crippen LogP contribution in [-0.2, 0) is 0 Å². The molecule has 0 saturated heterocycles. The monoisotopic (exact) mass is 329 g/mol. The molecule has 1 saturated carbocycles. The summed E-state index contributed by atoms with van der Waals surface area (Å²) in [5.41, 5.74) is 0.791. The van der Waals surface area contributed by atoms with Crippen LogP contribution in [0, 0.1) is 0 Å². The number of likely N-dealkylation sites (N-methyl/N-ethyl adjacent to an activating group) is 1. The van der Waals surface area contributed by atoms with Crippen molar-refractivity contribution in [1.29, 1.82) is 0 Å². The minimum absolute atomic E-state index is 0.0414. The summed E-state index contributed by atoms with van der Waals surface area (Å²) in [7, 11) is 4.41. The molecule has 1 aliphatic rings. The maximum absolute atomic E-state index is 9.95. The number of quaternary nitrogens is 1. The fourth-order valence-electron chi connectivity index (χ4n) is 3.05. The van der Waals surface area contributed by atoms with Gasteiger partial charge >= 0.3 is 0 Å². The quantitative estimate of drug-likeness (QED) is 0.819. The lowest BCUT2D eigenvalue weighted by Crippen LogP contribution is -3.16. The van der Waals surface area contributed by atoms with Crippen molar-refractivity contribution in [3.63, 3.8) is 0 Å².